The first kappa shape index (κ1) is 12.3. The molecule has 0 saturated carbocycles. The molecular formula is C13H12ClNOS. The summed E-state index contributed by atoms with van der Waals surface area (Å²) in [4.78, 5) is 5.13. The van der Waals surface area contributed by atoms with E-state index >= 15 is 0 Å². The summed E-state index contributed by atoms with van der Waals surface area (Å²) in [5, 5.41) is 0.671. The molecule has 1 aromatic carbocycles. The molecule has 0 aliphatic carbocycles. The second-order valence-corrected chi connectivity index (χ2v) is 4.96. The van der Waals surface area contributed by atoms with Crippen LogP contribution in [0.3, 0.4) is 0 Å². The highest BCUT2D eigenvalue weighted by atomic mass is 35.5. The molecule has 0 amide bonds. The molecule has 1 aromatic heterocycles. The lowest BCUT2D eigenvalue weighted by atomic mass is 10.2. The first-order valence-electron chi connectivity index (χ1n) is 5.14. The van der Waals surface area contributed by atoms with Gasteiger partial charge in [0.2, 0.25) is 0 Å². The zero-order valence-electron chi connectivity index (χ0n) is 9.39. The third kappa shape index (κ3) is 3.65. The van der Waals surface area contributed by atoms with Gasteiger partial charge in [-0.1, -0.05) is 23.7 Å². The molecule has 0 radical (unpaired) electrons. The van der Waals surface area contributed by atoms with Gasteiger partial charge in [-0.05, 0) is 23.8 Å². The van der Waals surface area contributed by atoms with Crippen molar-refractivity contribution >= 4 is 23.4 Å². The number of methoxy groups -OCH3 is 1. The molecule has 0 atom stereocenters. The Kier molecular flexibility index (Phi) is 4.29. The summed E-state index contributed by atoms with van der Waals surface area (Å²) in [5.74, 6) is 1.77. The smallest absolute Gasteiger partial charge is 0.118 e. The predicted octanol–water partition coefficient (Wildman–Crippen LogP) is 4.04. The molecule has 0 N–H and O–H groups in total. The van der Waals surface area contributed by atoms with Crippen LogP contribution in [0, 0.1) is 0 Å². The van der Waals surface area contributed by atoms with E-state index in [9.17, 15) is 0 Å². The topological polar surface area (TPSA) is 22.1 Å². The fourth-order valence-electron chi connectivity index (χ4n) is 1.36. The molecule has 88 valence electrons. The van der Waals surface area contributed by atoms with E-state index in [-0.39, 0.29) is 0 Å². The molecule has 0 spiro atoms. The molecule has 0 aliphatic heterocycles. The molecule has 17 heavy (non-hydrogen) atoms. The van der Waals surface area contributed by atoms with Crippen LogP contribution in [-0.2, 0) is 5.75 Å². The van der Waals surface area contributed by atoms with Crippen LogP contribution < -0.4 is 4.74 Å². The van der Waals surface area contributed by atoms with E-state index < -0.39 is 0 Å². The summed E-state index contributed by atoms with van der Waals surface area (Å²) in [6, 6.07) is 9.97. The van der Waals surface area contributed by atoms with E-state index in [4.69, 9.17) is 16.3 Å². The van der Waals surface area contributed by atoms with Gasteiger partial charge in [-0.25, -0.2) is 0 Å². The van der Waals surface area contributed by atoms with Crippen LogP contribution in [0.15, 0.2) is 47.6 Å². The van der Waals surface area contributed by atoms with Gasteiger partial charge in [-0.15, -0.1) is 11.8 Å². The lowest BCUT2D eigenvalue weighted by Gasteiger charge is -2.03. The standard InChI is InChI=1S/C13H12ClNOS/c1-16-12-4-2-10(3-5-12)9-17-13-6-11(14)7-15-8-13/h2-8H,9H2,1H3. The van der Waals surface area contributed by atoms with Crippen LogP contribution in [-0.4, -0.2) is 12.1 Å². The molecule has 0 unspecified atom stereocenters. The van der Waals surface area contributed by atoms with Gasteiger partial charge >= 0.3 is 0 Å². The lowest BCUT2D eigenvalue weighted by Crippen LogP contribution is -1.84. The van der Waals surface area contributed by atoms with Crippen LogP contribution in [0.2, 0.25) is 5.02 Å². The number of benzene rings is 1. The summed E-state index contributed by atoms with van der Waals surface area (Å²) in [5.41, 5.74) is 1.25. The zero-order valence-corrected chi connectivity index (χ0v) is 11.0. The van der Waals surface area contributed by atoms with E-state index in [1.807, 2.05) is 24.4 Å². The second-order valence-electron chi connectivity index (χ2n) is 3.48. The number of halogens is 1. The minimum Gasteiger partial charge on any atom is -0.497 e. The minimum atomic E-state index is 0.671. The van der Waals surface area contributed by atoms with Gasteiger partial charge in [0.15, 0.2) is 0 Å². The minimum absolute atomic E-state index is 0.671. The van der Waals surface area contributed by atoms with Gasteiger partial charge in [0.1, 0.15) is 5.75 Å². The van der Waals surface area contributed by atoms with Gasteiger partial charge < -0.3 is 4.74 Å². The van der Waals surface area contributed by atoms with E-state index in [1.54, 1.807) is 25.1 Å². The van der Waals surface area contributed by atoms with E-state index in [0.29, 0.717) is 5.02 Å². The number of hydrogen-bond donors (Lipinski definition) is 0. The van der Waals surface area contributed by atoms with Crippen molar-refractivity contribution in [2.45, 2.75) is 10.6 Å². The first-order chi connectivity index (χ1) is 8.28. The fourth-order valence-corrected chi connectivity index (χ4v) is 2.47. The summed E-state index contributed by atoms with van der Waals surface area (Å²) in [6.45, 7) is 0. The van der Waals surface area contributed by atoms with Crippen molar-refractivity contribution in [1.29, 1.82) is 0 Å². The number of rotatable bonds is 4. The fraction of sp³-hybridized carbons (Fsp3) is 0.154. The Labute approximate surface area is 110 Å². The summed E-state index contributed by atoms with van der Waals surface area (Å²) in [6.07, 6.45) is 3.46. The Morgan fingerprint density at radius 1 is 1.24 bits per heavy atom. The molecule has 2 rings (SSSR count). The molecule has 2 nitrogen and oxygen atoms in total. The van der Waals surface area contributed by atoms with Crippen molar-refractivity contribution in [2.75, 3.05) is 7.11 Å². The average molecular weight is 266 g/mol. The molecule has 0 bridgehead atoms. The quantitative estimate of drug-likeness (QED) is 0.779. The van der Waals surface area contributed by atoms with E-state index in [0.717, 1.165) is 16.4 Å². The Hall–Kier alpha value is -1.19. The van der Waals surface area contributed by atoms with Crippen LogP contribution >= 0.6 is 23.4 Å². The van der Waals surface area contributed by atoms with Crippen LogP contribution in [0.1, 0.15) is 5.56 Å². The first-order valence-corrected chi connectivity index (χ1v) is 6.50. The summed E-state index contributed by atoms with van der Waals surface area (Å²) in [7, 11) is 1.67. The van der Waals surface area contributed by atoms with Crippen molar-refractivity contribution in [2.24, 2.45) is 0 Å². The monoisotopic (exact) mass is 265 g/mol. The van der Waals surface area contributed by atoms with Crippen molar-refractivity contribution in [1.82, 2.24) is 4.98 Å². The number of ether oxygens (including phenoxy) is 1. The number of aromatic nitrogens is 1. The Morgan fingerprint density at radius 3 is 2.65 bits per heavy atom. The van der Waals surface area contributed by atoms with Gasteiger partial charge in [0.05, 0.1) is 12.1 Å². The Bertz CT molecular complexity index is 487. The maximum atomic E-state index is 5.87. The average Bonchev–Trinajstić information content (AvgIpc) is 2.37. The predicted molar refractivity (Wildman–Crippen MR) is 71.8 cm³/mol. The maximum Gasteiger partial charge on any atom is 0.118 e. The zero-order chi connectivity index (χ0) is 12.1. The van der Waals surface area contributed by atoms with Gasteiger partial charge in [-0.3, -0.25) is 4.98 Å². The van der Waals surface area contributed by atoms with Crippen LogP contribution in [0.4, 0.5) is 0 Å². The highest BCUT2D eigenvalue weighted by molar-refractivity contribution is 7.98. The second kappa shape index (κ2) is 5.94. The normalized spacial score (nSPS) is 10.2. The number of hydrogen-bond acceptors (Lipinski definition) is 3. The molecular weight excluding hydrogens is 254 g/mol. The van der Waals surface area contributed by atoms with E-state index in [1.165, 1.54) is 5.56 Å². The van der Waals surface area contributed by atoms with Gasteiger partial charge in [0.25, 0.3) is 0 Å². The molecule has 4 heteroatoms. The molecule has 0 saturated heterocycles. The van der Waals surface area contributed by atoms with Gasteiger partial charge in [-0.2, -0.15) is 0 Å². The third-order valence-corrected chi connectivity index (χ3v) is 3.49. The summed E-state index contributed by atoms with van der Waals surface area (Å²) >= 11 is 7.59. The van der Waals surface area contributed by atoms with Crippen molar-refractivity contribution in [3.63, 3.8) is 0 Å². The van der Waals surface area contributed by atoms with Crippen LogP contribution in [0.5, 0.6) is 5.75 Å². The van der Waals surface area contributed by atoms with Gasteiger partial charge in [0, 0.05) is 23.0 Å². The number of thioether (sulfide) groups is 1. The maximum absolute atomic E-state index is 5.87. The molecule has 0 aliphatic rings. The van der Waals surface area contributed by atoms with Crippen molar-refractivity contribution < 1.29 is 4.74 Å². The highest BCUT2D eigenvalue weighted by Gasteiger charge is 1.98. The number of pyridine rings is 1. The molecule has 1 heterocycles. The lowest BCUT2D eigenvalue weighted by molar-refractivity contribution is 0.414. The third-order valence-electron chi connectivity index (χ3n) is 2.24. The molecule has 0 fully saturated rings. The number of nitrogens with zero attached hydrogens (tertiary/aromatic N) is 1. The summed E-state index contributed by atoms with van der Waals surface area (Å²) < 4.78 is 5.11. The molecule has 2 aromatic rings. The van der Waals surface area contributed by atoms with E-state index in [2.05, 4.69) is 17.1 Å². The Morgan fingerprint density at radius 2 is 2.00 bits per heavy atom. The SMILES string of the molecule is COc1ccc(CSc2cncc(Cl)c2)cc1. The largest absolute Gasteiger partial charge is 0.497 e. The highest BCUT2D eigenvalue weighted by Crippen LogP contribution is 2.24. The van der Waals surface area contributed by atoms with Crippen molar-refractivity contribution in [3.8, 4) is 5.75 Å². The Balaban J connectivity index is 1.97. The van der Waals surface area contributed by atoms with Crippen LogP contribution in [0.25, 0.3) is 0 Å². The van der Waals surface area contributed by atoms with Crippen molar-refractivity contribution in [3.05, 3.63) is 53.3 Å².